The van der Waals surface area contributed by atoms with Crippen LogP contribution in [0.5, 0.6) is 5.75 Å². The fourth-order valence-corrected chi connectivity index (χ4v) is 4.39. The number of nitrogens with one attached hydrogen (secondary N) is 1. The van der Waals surface area contributed by atoms with Gasteiger partial charge in [0.15, 0.2) is 5.78 Å². The summed E-state index contributed by atoms with van der Waals surface area (Å²) in [5.74, 6) is -2.09. The molecule has 1 saturated heterocycles. The van der Waals surface area contributed by atoms with Gasteiger partial charge in [-0.05, 0) is 42.0 Å². The van der Waals surface area contributed by atoms with Crippen LogP contribution in [0.1, 0.15) is 28.4 Å². The third-order valence-electron chi connectivity index (χ3n) is 6.23. The van der Waals surface area contributed by atoms with Crippen molar-refractivity contribution in [2.45, 2.75) is 19.0 Å². The highest BCUT2D eigenvalue weighted by molar-refractivity contribution is 6.44. The van der Waals surface area contributed by atoms with Gasteiger partial charge in [-0.25, -0.2) is 4.57 Å². The van der Waals surface area contributed by atoms with Crippen molar-refractivity contribution in [1.82, 2.24) is 9.88 Å². The zero-order valence-corrected chi connectivity index (χ0v) is 19.6. The Labute approximate surface area is 198 Å². The van der Waals surface area contributed by atoms with Gasteiger partial charge in [0.1, 0.15) is 24.1 Å². The maximum atomic E-state index is 13.5. The van der Waals surface area contributed by atoms with E-state index in [-0.39, 0.29) is 5.78 Å². The van der Waals surface area contributed by atoms with Crippen molar-refractivity contribution in [1.29, 1.82) is 0 Å². The van der Waals surface area contributed by atoms with Crippen LogP contribution in [0, 0.1) is 5.92 Å². The van der Waals surface area contributed by atoms with Crippen LogP contribution < -0.4 is 14.2 Å². The number of imidazole rings is 1. The van der Waals surface area contributed by atoms with E-state index >= 15 is 0 Å². The van der Waals surface area contributed by atoms with Gasteiger partial charge in [0.2, 0.25) is 12.1 Å². The minimum atomic E-state index is -1.09. The fraction of sp³-hybridized carbons (Fsp3) is 0.308. The minimum Gasteiger partial charge on any atom is -0.497 e. The Hall–Kier alpha value is -3.94. The average Bonchev–Trinajstić information content (AvgIpc) is 3.46. The van der Waals surface area contributed by atoms with Gasteiger partial charge < -0.3 is 14.5 Å². The summed E-state index contributed by atoms with van der Waals surface area (Å²) >= 11 is 0. The number of benzene rings is 2. The standard InChI is InChI=1S/C26H28N4O4/c1-28(2)20-9-5-18(6-10-20)23-22(24(31)19-7-11-21(34-3)12-8-19)25(32)26(33)30(23)15-4-14-29-16-13-27-17-29/h5-13,16-17,22-23H,4,14-15H2,1-3H3/p+1. The van der Waals surface area contributed by atoms with Gasteiger partial charge in [-0.2, -0.15) is 0 Å². The number of nitrogens with zero attached hydrogens (tertiary/aromatic N) is 3. The molecule has 0 spiro atoms. The second kappa shape index (κ2) is 9.91. The van der Waals surface area contributed by atoms with Crippen LogP contribution in [0.2, 0.25) is 0 Å². The summed E-state index contributed by atoms with van der Waals surface area (Å²) in [6, 6.07) is 13.6. The Kier molecular flexibility index (Phi) is 6.77. The number of ketones is 2. The molecule has 1 aliphatic heterocycles. The van der Waals surface area contributed by atoms with E-state index in [0.29, 0.717) is 30.8 Å². The van der Waals surface area contributed by atoms with Crippen LogP contribution in [0.3, 0.4) is 0 Å². The highest BCUT2D eigenvalue weighted by Gasteiger charge is 2.51. The van der Waals surface area contributed by atoms with E-state index in [1.54, 1.807) is 36.3 Å². The molecule has 8 heteroatoms. The number of hydrogen-bond acceptors (Lipinski definition) is 5. The molecule has 2 atom stereocenters. The van der Waals surface area contributed by atoms with Gasteiger partial charge in [0, 0.05) is 38.3 Å². The molecular formula is C26H29N4O4+. The van der Waals surface area contributed by atoms with Crippen LogP contribution in [-0.4, -0.2) is 55.1 Å². The molecule has 2 heterocycles. The number of methoxy groups -OCH3 is 1. The Morgan fingerprint density at radius 2 is 1.79 bits per heavy atom. The van der Waals surface area contributed by atoms with Crippen LogP contribution in [-0.2, 0) is 16.1 Å². The number of rotatable bonds is 9. The number of carbonyl (C=O) groups excluding carboxylic acids is 3. The van der Waals surface area contributed by atoms with Crippen LogP contribution in [0.25, 0.3) is 0 Å². The second-order valence-electron chi connectivity index (χ2n) is 8.57. The molecule has 0 radical (unpaired) electrons. The molecule has 1 aromatic heterocycles. The normalized spacial score (nSPS) is 17.8. The van der Waals surface area contributed by atoms with Gasteiger partial charge >= 0.3 is 0 Å². The molecule has 34 heavy (non-hydrogen) atoms. The van der Waals surface area contributed by atoms with Crippen molar-refractivity contribution in [2.24, 2.45) is 5.92 Å². The largest absolute Gasteiger partial charge is 0.497 e. The number of hydrogen-bond donors (Lipinski definition) is 1. The van der Waals surface area contributed by atoms with Crippen molar-refractivity contribution in [3.8, 4) is 5.75 Å². The van der Waals surface area contributed by atoms with Crippen LogP contribution in [0.4, 0.5) is 5.69 Å². The molecule has 8 nitrogen and oxygen atoms in total. The molecule has 3 aromatic rings. The highest BCUT2D eigenvalue weighted by atomic mass is 16.5. The Morgan fingerprint density at radius 3 is 2.38 bits per heavy atom. The molecule has 4 rings (SSSR count). The lowest BCUT2D eigenvalue weighted by molar-refractivity contribution is -0.695. The minimum absolute atomic E-state index is 0.356. The monoisotopic (exact) mass is 461 g/mol. The van der Waals surface area contributed by atoms with Gasteiger partial charge in [-0.3, -0.25) is 19.4 Å². The molecule has 1 N–H and O–H groups in total. The van der Waals surface area contributed by atoms with E-state index in [9.17, 15) is 14.4 Å². The quantitative estimate of drug-likeness (QED) is 0.229. The number of carbonyl (C=O) groups is 3. The number of ether oxygens (including phenoxy) is 1. The Balaban J connectivity index is 1.66. The van der Waals surface area contributed by atoms with E-state index in [2.05, 4.69) is 4.98 Å². The number of aromatic amines is 1. The van der Waals surface area contributed by atoms with E-state index < -0.39 is 23.7 Å². The summed E-state index contributed by atoms with van der Waals surface area (Å²) < 4.78 is 7.15. The number of anilines is 1. The zero-order valence-electron chi connectivity index (χ0n) is 19.6. The lowest BCUT2D eigenvalue weighted by Crippen LogP contribution is -2.36. The number of H-pyrrole nitrogens is 1. The molecule has 0 bridgehead atoms. The maximum Gasteiger partial charge on any atom is 0.291 e. The predicted octanol–water partition coefficient (Wildman–Crippen LogP) is 2.42. The smallest absolute Gasteiger partial charge is 0.291 e. The molecule has 1 aliphatic rings. The van der Waals surface area contributed by atoms with Crippen molar-refractivity contribution < 1.29 is 23.7 Å². The molecule has 2 aromatic carbocycles. The summed E-state index contributed by atoms with van der Waals surface area (Å²) in [5.41, 5.74) is 2.14. The van der Waals surface area contributed by atoms with Crippen LogP contribution in [0.15, 0.2) is 67.3 Å². The first-order valence-corrected chi connectivity index (χ1v) is 11.2. The highest BCUT2D eigenvalue weighted by Crippen LogP contribution is 2.39. The molecule has 0 saturated carbocycles. The summed E-state index contributed by atoms with van der Waals surface area (Å²) in [5, 5.41) is 0. The van der Waals surface area contributed by atoms with Crippen molar-refractivity contribution in [2.75, 3.05) is 32.6 Å². The van der Waals surface area contributed by atoms with E-state index in [1.165, 1.54) is 0 Å². The van der Waals surface area contributed by atoms with Crippen LogP contribution >= 0.6 is 0 Å². The van der Waals surface area contributed by atoms with Gasteiger partial charge in [-0.15, -0.1) is 0 Å². The van der Waals surface area contributed by atoms with Gasteiger partial charge in [0.25, 0.3) is 5.91 Å². The predicted molar refractivity (Wildman–Crippen MR) is 127 cm³/mol. The third-order valence-corrected chi connectivity index (χ3v) is 6.23. The van der Waals surface area contributed by atoms with Gasteiger partial charge in [0.05, 0.1) is 19.7 Å². The molecule has 0 aliphatic carbocycles. The van der Waals surface area contributed by atoms with Crippen molar-refractivity contribution in [3.63, 3.8) is 0 Å². The van der Waals surface area contributed by atoms with Crippen molar-refractivity contribution in [3.05, 3.63) is 78.4 Å². The maximum absolute atomic E-state index is 13.5. The molecule has 2 unspecified atom stereocenters. The SMILES string of the molecule is COc1ccc(C(=O)C2C(=O)C(=O)N(CCC[n+]3cc[nH]c3)C2c2ccc(N(C)C)cc2)cc1. The van der Waals surface area contributed by atoms with E-state index in [0.717, 1.165) is 11.3 Å². The molecular weight excluding hydrogens is 432 g/mol. The first-order valence-electron chi connectivity index (χ1n) is 11.2. The van der Waals surface area contributed by atoms with Gasteiger partial charge in [-0.1, -0.05) is 12.1 Å². The first-order chi connectivity index (χ1) is 16.4. The van der Waals surface area contributed by atoms with Crippen molar-refractivity contribution >= 4 is 23.2 Å². The van der Waals surface area contributed by atoms with E-state index in [4.69, 9.17) is 4.74 Å². The number of likely N-dealkylation sites (tertiary alicyclic amines) is 1. The third kappa shape index (κ3) is 4.57. The molecule has 1 fully saturated rings. The lowest BCUT2D eigenvalue weighted by atomic mass is 9.86. The number of aromatic nitrogens is 2. The number of amides is 1. The summed E-state index contributed by atoms with van der Waals surface area (Å²) in [7, 11) is 5.43. The van der Waals surface area contributed by atoms with E-state index in [1.807, 2.05) is 66.5 Å². The topological polar surface area (TPSA) is 86.6 Å². The zero-order chi connectivity index (χ0) is 24.2. The fourth-order valence-electron chi connectivity index (χ4n) is 4.39. The number of aryl methyl sites for hydroxylation is 1. The molecule has 1 amide bonds. The summed E-state index contributed by atoms with van der Waals surface area (Å²) in [6.07, 6.45) is 6.22. The molecule has 176 valence electrons. The second-order valence-corrected chi connectivity index (χ2v) is 8.57. The number of Topliss-reactive ketones (excluding diaryl/α,β-unsaturated/α-hetero) is 2. The summed E-state index contributed by atoms with van der Waals surface area (Å²) in [6.45, 7) is 1.06. The lowest BCUT2D eigenvalue weighted by Gasteiger charge is -2.27. The first kappa shape index (κ1) is 23.2. The Bertz CT molecular complexity index is 1150. The average molecular weight is 462 g/mol. The Morgan fingerprint density at radius 1 is 1.09 bits per heavy atom. The summed E-state index contributed by atoms with van der Waals surface area (Å²) in [4.78, 5) is 46.3.